The van der Waals surface area contributed by atoms with Crippen LogP contribution in [-0.4, -0.2) is 0 Å². The molecule has 0 spiro atoms. The normalized spacial score (nSPS) is 11.5. The van der Waals surface area contributed by atoms with Crippen molar-refractivity contribution in [1.82, 2.24) is 0 Å². The molecule has 1 aromatic heterocycles. The van der Waals surface area contributed by atoms with E-state index in [2.05, 4.69) is 205 Å². The van der Waals surface area contributed by atoms with Gasteiger partial charge >= 0.3 is 0 Å². The lowest BCUT2D eigenvalue weighted by Gasteiger charge is -2.26. The van der Waals surface area contributed by atoms with Gasteiger partial charge in [-0.15, -0.1) is 11.3 Å². The van der Waals surface area contributed by atoms with Crippen molar-refractivity contribution >= 4 is 70.1 Å². The number of nitrogens with zero attached hydrogens (tertiary/aromatic N) is 1. The van der Waals surface area contributed by atoms with E-state index in [0.717, 1.165) is 17.1 Å². The maximum atomic E-state index is 2.38. The van der Waals surface area contributed by atoms with Gasteiger partial charge in [-0.05, 0) is 110 Å². The van der Waals surface area contributed by atoms with E-state index in [9.17, 15) is 0 Å². The minimum Gasteiger partial charge on any atom is -0.310 e. The average molecular weight is 680 g/mol. The van der Waals surface area contributed by atoms with Crippen LogP contribution >= 0.6 is 11.3 Å². The number of thiophene rings is 1. The number of rotatable bonds is 6. The fourth-order valence-corrected chi connectivity index (χ4v) is 8.76. The molecule has 244 valence electrons. The molecule has 0 saturated carbocycles. The summed E-state index contributed by atoms with van der Waals surface area (Å²) in [6.45, 7) is 0. The van der Waals surface area contributed by atoms with Crippen LogP contribution in [0, 0.1) is 0 Å². The molecule has 0 fully saturated rings. The SMILES string of the molecule is c1cc(-c2ccc(N(c3ccc(-c4cccc5ccccc45)cc3)c3ccc4c(c3)sc3ccccc34)cc2)cc(-c2ccc3ccccc3c2)c1. The second-order valence-electron chi connectivity index (χ2n) is 13.4. The second-order valence-corrected chi connectivity index (χ2v) is 14.5. The molecule has 1 heterocycles. The van der Waals surface area contributed by atoms with Crippen molar-refractivity contribution in [2.45, 2.75) is 0 Å². The van der Waals surface area contributed by atoms with Crippen molar-refractivity contribution in [3.8, 4) is 33.4 Å². The summed E-state index contributed by atoms with van der Waals surface area (Å²) in [5.41, 5.74) is 10.7. The maximum Gasteiger partial charge on any atom is 0.0476 e. The van der Waals surface area contributed by atoms with Crippen LogP contribution in [0.1, 0.15) is 0 Å². The Balaban J connectivity index is 1.04. The van der Waals surface area contributed by atoms with Gasteiger partial charge in [0.2, 0.25) is 0 Å². The van der Waals surface area contributed by atoms with Crippen LogP contribution in [0.25, 0.3) is 75.1 Å². The average Bonchev–Trinajstić information content (AvgIpc) is 3.59. The summed E-state index contributed by atoms with van der Waals surface area (Å²) in [4.78, 5) is 2.38. The number of hydrogen-bond donors (Lipinski definition) is 0. The first-order valence-corrected chi connectivity index (χ1v) is 18.6. The highest BCUT2D eigenvalue weighted by Crippen LogP contribution is 2.42. The van der Waals surface area contributed by atoms with E-state index in [4.69, 9.17) is 0 Å². The summed E-state index contributed by atoms with van der Waals surface area (Å²) in [6.07, 6.45) is 0. The molecule has 52 heavy (non-hydrogen) atoms. The molecule has 0 bridgehead atoms. The van der Waals surface area contributed by atoms with Crippen molar-refractivity contribution in [2.75, 3.05) is 4.90 Å². The molecule has 0 saturated heterocycles. The zero-order valence-electron chi connectivity index (χ0n) is 28.4. The molecule has 9 aromatic carbocycles. The summed E-state index contributed by atoms with van der Waals surface area (Å²) in [6, 6.07) is 73.0. The Kier molecular flexibility index (Phi) is 7.41. The monoisotopic (exact) mass is 679 g/mol. The number of fused-ring (bicyclic) bond motifs is 5. The first-order valence-electron chi connectivity index (χ1n) is 17.7. The molecule has 0 amide bonds. The Bertz CT molecular complexity index is 2890. The first kappa shape index (κ1) is 30.4. The molecular formula is C50H33NS. The fourth-order valence-electron chi connectivity index (χ4n) is 7.62. The largest absolute Gasteiger partial charge is 0.310 e. The van der Waals surface area contributed by atoms with E-state index in [0.29, 0.717) is 0 Å². The molecule has 10 rings (SSSR count). The van der Waals surface area contributed by atoms with E-state index < -0.39 is 0 Å². The van der Waals surface area contributed by atoms with Crippen molar-refractivity contribution in [3.05, 3.63) is 200 Å². The van der Waals surface area contributed by atoms with Gasteiger partial charge in [0.25, 0.3) is 0 Å². The Hall–Kier alpha value is -6.48. The Morgan fingerprint density at radius 3 is 1.65 bits per heavy atom. The van der Waals surface area contributed by atoms with Gasteiger partial charge in [0, 0.05) is 37.2 Å². The fraction of sp³-hybridized carbons (Fsp3) is 0. The van der Waals surface area contributed by atoms with Crippen molar-refractivity contribution in [1.29, 1.82) is 0 Å². The molecule has 0 aliphatic carbocycles. The van der Waals surface area contributed by atoms with Crippen LogP contribution in [0.4, 0.5) is 17.1 Å². The lowest BCUT2D eigenvalue weighted by atomic mass is 9.97. The standard InChI is InChI=1S/C50H33NS/c1-2-11-38-32-41(20-19-34(38)9-1)40-14-7-13-39(31-40)35-21-25-42(26-22-35)51(44-29-30-48-47-16-5-6-18-49(47)52-50(48)33-44)43-27-23-37(24-28-43)46-17-8-12-36-10-3-4-15-45(36)46/h1-33H. The Labute approximate surface area is 307 Å². The Morgan fingerprint density at radius 2 is 0.846 bits per heavy atom. The number of hydrogen-bond acceptors (Lipinski definition) is 2. The topological polar surface area (TPSA) is 3.24 Å². The van der Waals surface area contributed by atoms with Crippen molar-refractivity contribution < 1.29 is 0 Å². The van der Waals surface area contributed by atoms with Gasteiger partial charge in [0.05, 0.1) is 0 Å². The quantitative estimate of drug-likeness (QED) is 0.169. The van der Waals surface area contributed by atoms with Crippen LogP contribution in [-0.2, 0) is 0 Å². The van der Waals surface area contributed by atoms with Crippen molar-refractivity contribution in [2.24, 2.45) is 0 Å². The van der Waals surface area contributed by atoms with E-state index in [-0.39, 0.29) is 0 Å². The molecule has 0 aliphatic rings. The third-order valence-corrected chi connectivity index (χ3v) is 11.4. The molecule has 2 heteroatoms. The van der Waals surface area contributed by atoms with Gasteiger partial charge in [0.1, 0.15) is 0 Å². The molecule has 1 nitrogen and oxygen atoms in total. The second kappa shape index (κ2) is 12.7. The highest BCUT2D eigenvalue weighted by atomic mass is 32.1. The van der Waals surface area contributed by atoms with E-state index in [1.807, 2.05) is 11.3 Å². The third-order valence-electron chi connectivity index (χ3n) is 10.3. The number of benzene rings is 9. The lowest BCUT2D eigenvalue weighted by Crippen LogP contribution is -2.09. The van der Waals surface area contributed by atoms with E-state index in [1.165, 1.54) is 75.1 Å². The van der Waals surface area contributed by atoms with Gasteiger partial charge < -0.3 is 4.90 Å². The predicted octanol–water partition coefficient (Wildman–Crippen LogP) is 14.8. The minimum absolute atomic E-state index is 1.12. The van der Waals surface area contributed by atoms with Gasteiger partial charge in [-0.1, -0.05) is 146 Å². The molecule has 10 aromatic rings. The molecule has 0 radical (unpaired) electrons. The van der Waals surface area contributed by atoms with Gasteiger partial charge in [-0.3, -0.25) is 0 Å². The summed E-state index contributed by atoms with van der Waals surface area (Å²) < 4.78 is 2.61. The zero-order chi connectivity index (χ0) is 34.4. The van der Waals surface area contributed by atoms with Gasteiger partial charge in [0.15, 0.2) is 0 Å². The van der Waals surface area contributed by atoms with Gasteiger partial charge in [-0.25, -0.2) is 0 Å². The zero-order valence-corrected chi connectivity index (χ0v) is 29.2. The minimum atomic E-state index is 1.12. The molecule has 0 N–H and O–H groups in total. The van der Waals surface area contributed by atoms with Crippen LogP contribution in [0.5, 0.6) is 0 Å². The lowest BCUT2D eigenvalue weighted by molar-refractivity contribution is 1.29. The van der Waals surface area contributed by atoms with Crippen LogP contribution in [0.3, 0.4) is 0 Å². The molecule has 0 atom stereocenters. The van der Waals surface area contributed by atoms with Crippen molar-refractivity contribution in [3.63, 3.8) is 0 Å². The van der Waals surface area contributed by atoms with Crippen LogP contribution in [0.15, 0.2) is 200 Å². The highest BCUT2D eigenvalue weighted by molar-refractivity contribution is 7.25. The summed E-state index contributed by atoms with van der Waals surface area (Å²) >= 11 is 1.86. The summed E-state index contributed by atoms with van der Waals surface area (Å²) in [5, 5.41) is 7.66. The predicted molar refractivity (Wildman–Crippen MR) is 225 cm³/mol. The van der Waals surface area contributed by atoms with E-state index in [1.54, 1.807) is 0 Å². The molecular weight excluding hydrogens is 647 g/mol. The third kappa shape index (κ3) is 5.42. The summed E-state index contributed by atoms with van der Waals surface area (Å²) in [7, 11) is 0. The van der Waals surface area contributed by atoms with E-state index >= 15 is 0 Å². The molecule has 0 aliphatic heterocycles. The number of anilines is 3. The van der Waals surface area contributed by atoms with Crippen LogP contribution < -0.4 is 4.90 Å². The first-order chi connectivity index (χ1) is 25.7. The Morgan fingerprint density at radius 1 is 0.288 bits per heavy atom. The van der Waals surface area contributed by atoms with Crippen LogP contribution in [0.2, 0.25) is 0 Å². The summed E-state index contributed by atoms with van der Waals surface area (Å²) in [5.74, 6) is 0. The smallest absolute Gasteiger partial charge is 0.0476 e. The van der Waals surface area contributed by atoms with Gasteiger partial charge in [-0.2, -0.15) is 0 Å². The molecule has 0 unspecified atom stereocenters. The highest BCUT2D eigenvalue weighted by Gasteiger charge is 2.16. The maximum absolute atomic E-state index is 2.38.